The van der Waals surface area contributed by atoms with Crippen molar-refractivity contribution in [2.24, 2.45) is 5.41 Å². The Kier molecular flexibility index (Phi) is 54.4. The molecule has 4 saturated heterocycles. The minimum atomic E-state index is -1.75. The summed E-state index contributed by atoms with van der Waals surface area (Å²) in [5, 5.41) is 134. The summed E-state index contributed by atoms with van der Waals surface area (Å²) in [6.07, 6.45) is -1.96. The van der Waals surface area contributed by atoms with E-state index in [0.29, 0.717) is 0 Å². The van der Waals surface area contributed by atoms with Crippen molar-refractivity contribution in [2.75, 3.05) is 327 Å². The van der Waals surface area contributed by atoms with E-state index < -0.39 is 292 Å². The summed E-state index contributed by atoms with van der Waals surface area (Å²) in [6, 6.07) is -4.35. The molecule has 54 nitrogen and oxygen atoms in total. The lowest BCUT2D eigenvalue weighted by Crippen LogP contribution is -2.55. The normalized spacial score (nSPS) is 19.3. The number of amides is 6. The maximum atomic E-state index is 14.6. The molecule has 54 heteroatoms. The van der Waals surface area contributed by atoms with Crippen molar-refractivity contribution in [2.45, 2.75) is 77.5 Å². The first-order valence-corrected chi connectivity index (χ1v) is 45.6. The van der Waals surface area contributed by atoms with Crippen LogP contribution in [0.5, 0.6) is 0 Å². The Labute approximate surface area is 793 Å². The molecule has 18 N–H and O–H groups in total. The number of hydrogen-bond acceptors (Lipinski definition) is 36. The fraction of sp³-hybridized carbons (Fsp3) is 0.759. The van der Waals surface area contributed by atoms with Crippen molar-refractivity contribution in [3.63, 3.8) is 0 Å². The monoisotopic (exact) mass is 1960 g/mol. The number of ketones is 2. The van der Waals surface area contributed by atoms with Crippen LogP contribution in [0.25, 0.3) is 0 Å². The van der Waals surface area contributed by atoms with Crippen LogP contribution in [0.3, 0.4) is 0 Å². The molecule has 4 fully saturated rings. The fourth-order valence-corrected chi connectivity index (χ4v) is 16.1. The number of Topliss-reactive ketones (excluding diaryl/α,β-unsaturated/α-hetero) is 2. The summed E-state index contributed by atoms with van der Waals surface area (Å²) in [5.74, 6) is -20.5. The molecule has 0 spiro atoms. The number of carboxylic acids is 12. The number of rotatable bonds is 50. The number of nitrogens with zero attached hydrogens (tertiary/aromatic N) is 16. The quantitative estimate of drug-likeness (QED) is 0.0269. The van der Waals surface area contributed by atoms with Crippen molar-refractivity contribution in [3.05, 3.63) is 0 Å². The highest BCUT2D eigenvalue weighted by Crippen LogP contribution is 2.24. The molecule has 0 aliphatic carbocycles. The SMILES string of the molecule is C[C@H](C(=O)CCC(=O)NCC(CCC(=O)CNC(=O)[C@@H](C)N1CCN(CC(=O)O)CCN(CC(=O)O)CCN(CC(=O)O)CC1)(CNC(=O)CNC(=O)[C@@H](C)N1CCN(CC(=O)O)CCN(CC(=O)O)CCN(CC(=O)O)CC1)CNC(=O)CNC(=O)[C@@H](C)N1CCN(CC(=O)O)CCN(CC(=O)O)CCN(CC(=O)O)CC1)N1CCN(CC(=O)O)CCN(CC(=O)O)CCN(CC(=O)O)CC1. The van der Waals surface area contributed by atoms with E-state index in [2.05, 4.69) is 31.9 Å². The summed E-state index contributed by atoms with van der Waals surface area (Å²) in [5.41, 5.74) is -1.75. The molecule has 4 aliphatic heterocycles. The van der Waals surface area contributed by atoms with Gasteiger partial charge in [-0.25, -0.2) is 0 Å². The largest absolute Gasteiger partial charge is 0.480 e. The lowest BCUT2D eigenvalue weighted by atomic mass is 9.81. The molecule has 6 amide bonds. The number of carbonyl (C=O) groups excluding carboxylic acids is 8. The lowest BCUT2D eigenvalue weighted by Gasteiger charge is -2.36. The summed E-state index contributed by atoms with van der Waals surface area (Å²) >= 11 is 0. The van der Waals surface area contributed by atoms with Crippen LogP contribution in [0.4, 0.5) is 0 Å². The molecule has 0 saturated carbocycles. The molecule has 0 aromatic heterocycles. The van der Waals surface area contributed by atoms with E-state index >= 15 is 0 Å². The molecule has 0 unspecified atom stereocenters. The van der Waals surface area contributed by atoms with Crippen molar-refractivity contribution >= 4 is 119 Å². The molecule has 4 heterocycles. The predicted molar refractivity (Wildman–Crippen MR) is 482 cm³/mol. The van der Waals surface area contributed by atoms with Crippen LogP contribution < -0.4 is 31.9 Å². The third-order valence-corrected chi connectivity index (χ3v) is 24.4. The van der Waals surface area contributed by atoms with Crippen molar-refractivity contribution < 1.29 is 157 Å². The number of aliphatic carboxylic acids is 12. The zero-order valence-corrected chi connectivity index (χ0v) is 78.7. The van der Waals surface area contributed by atoms with Crippen LogP contribution in [0.1, 0.15) is 53.4 Å². The topological polar surface area (TPSA) is 708 Å². The van der Waals surface area contributed by atoms with Gasteiger partial charge in [0.05, 0.1) is 122 Å². The van der Waals surface area contributed by atoms with Gasteiger partial charge in [-0.15, -0.1) is 0 Å². The van der Waals surface area contributed by atoms with E-state index in [9.17, 15) is 157 Å². The maximum absolute atomic E-state index is 14.6. The average molecular weight is 1960 g/mol. The Balaban J connectivity index is 1.81. The van der Waals surface area contributed by atoms with Crippen LogP contribution in [-0.4, -0.2) is 610 Å². The zero-order chi connectivity index (χ0) is 102. The van der Waals surface area contributed by atoms with E-state index in [1.165, 1.54) is 66.9 Å². The number of carboxylic acid groups (broad SMARTS) is 12. The van der Waals surface area contributed by atoms with Crippen molar-refractivity contribution in [3.8, 4) is 0 Å². The van der Waals surface area contributed by atoms with Crippen LogP contribution in [-0.2, 0) is 95.9 Å². The first kappa shape index (κ1) is 118. The van der Waals surface area contributed by atoms with E-state index in [1.54, 1.807) is 39.2 Å². The molecule has 0 aromatic carbocycles. The number of hydrogen-bond donors (Lipinski definition) is 18. The summed E-state index contributed by atoms with van der Waals surface area (Å²) in [6.45, 7) is -2.31. The Morgan fingerprint density at radius 2 is 0.380 bits per heavy atom. The van der Waals surface area contributed by atoms with E-state index in [4.69, 9.17) is 0 Å². The van der Waals surface area contributed by atoms with Gasteiger partial charge in [-0.3, -0.25) is 174 Å². The molecule has 0 bridgehead atoms. The molecule has 4 aliphatic rings. The van der Waals surface area contributed by atoms with Gasteiger partial charge in [-0.05, 0) is 34.1 Å². The van der Waals surface area contributed by atoms with E-state index in [0.717, 1.165) is 0 Å². The molecule has 0 radical (unpaired) electrons. The average Bonchev–Trinajstić information content (AvgIpc) is 0.844. The summed E-state index contributed by atoms with van der Waals surface area (Å²) in [7, 11) is 0. The van der Waals surface area contributed by atoms with Crippen LogP contribution in [0.2, 0.25) is 0 Å². The lowest BCUT2D eigenvalue weighted by molar-refractivity contribution is -0.141. The smallest absolute Gasteiger partial charge is 0.317 e. The number of carbonyl (C=O) groups is 20. The van der Waals surface area contributed by atoms with E-state index in [1.807, 2.05) is 0 Å². The molecule has 4 atom stereocenters. The first-order chi connectivity index (χ1) is 64.6. The third kappa shape index (κ3) is 50.9. The van der Waals surface area contributed by atoms with E-state index in [-0.39, 0.29) is 209 Å². The van der Waals surface area contributed by atoms with Crippen LogP contribution >= 0.6 is 0 Å². The molecule has 137 heavy (non-hydrogen) atoms. The highest BCUT2D eigenvalue weighted by atomic mass is 16.4. The predicted octanol–water partition coefficient (Wildman–Crippen LogP) is -11.2. The second kappa shape index (κ2) is 62.9. The minimum absolute atomic E-state index is 0.00406. The van der Waals surface area contributed by atoms with Crippen LogP contribution in [0.15, 0.2) is 0 Å². The van der Waals surface area contributed by atoms with Gasteiger partial charge in [0.1, 0.15) is 5.78 Å². The minimum Gasteiger partial charge on any atom is -0.480 e. The van der Waals surface area contributed by atoms with Crippen molar-refractivity contribution in [1.29, 1.82) is 0 Å². The highest BCUT2D eigenvalue weighted by molar-refractivity contribution is 5.91. The second-order valence-electron chi connectivity index (χ2n) is 34.9. The summed E-state index contributed by atoms with van der Waals surface area (Å²) in [4.78, 5) is 285. The van der Waals surface area contributed by atoms with Gasteiger partial charge in [0.25, 0.3) is 0 Å². The Morgan fingerprint density at radius 3 is 0.569 bits per heavy atom. The fourth-order valence-electron chi connectivity index (χ4n) is 16.1. The third-order valence-electron chi connectivity index (χ3n) is 24.4. The Bertz CT molecular complexity index is 3390. The molecular formula is C83H142N22O32. The van der Waals surface area contributed by atoms with Gasteiger partial charge >= 0.3 is 71.6 Å². The first-order valence-electron chi connectivity index (χ1n) is 45.6. The number of nitrogens with one attached hydrogen (secondary N) is 6. The van der Waals surface area contributed by atoms with Gasteiger partial charge < -0.3 is 93.2 Å². The molecular weight excluding hydrogens is 1820 g/mol. The van der Waals surface area contributed by atoms with Gasteiger partial charge in [0.15, 0.2) is 5.78 Å². The Hall–Kier alpha value is -10.8. The summed E-state index contributed by atoms with van der Waals surface area (Å²) < 4.78 is 0. The standard InChI is InChI=1S/C83H142N22O32/c1-59(102-33-25-94(48-72(119)120)17-9-90(44-68(111)112)10-18-95(26-34-102)49-73(121)122)64(107)5-6-65(108)87-56-83(8-7-63(106)41-84-80(135)60(2)103-35-27-96(50-74(123)124)19-11-91(45-69(113)114)12-20-97(28-36-103)51-75(125)126,57-88-66(109)42-85-81(136)61(3)104-37-29-98(52-76(127)128)21-13-92(46-70(115)116)14-22-99(30-38-104)53-77(129)130)58-89-67(110)43-86-82(137)62(4)105-39-31-100(54-78(131)132)23-15-93(47-71(117)118)16-24-101(32-40-105)55-79(133)134/h59-62H,5-58H2,1-4H3,(H,84,135)(H,85,136)(H,86,137)(H,87,108)(H,88,109)(H,89,110)(H,111,112)(H,113,114)(H,115,116)(H,117,118)(H,119,120)(H,121,122)(H,123,124)(H,125,126)(H,127,128)(H,129,130)(H,131,132)(H,133,134)/t59-,60-,61-,62-/m1/s1. The van der Waals surface area contributed by atoms with Crippen LogP contribution in [0, 0.1) is 5.41 Å². The Morgan fingerprint density at radius 1 is 0.212 bits per heavy atom. The maximum Gasteiger partial charge on any atom is 0.317 e. The highest BCUT2D eigenvalue weighted by Gasteiger charge is 2.37. The van der Waals surface area contributed by atoms with Gasteiger partial charge in [-0.1, -0.05) is 0 Å². The second-order valence-corrected chi connectivity index (χ2v) is 34.9. The van der Waals surface area contributed by atoms with Gasteiger partial charge in [0.2, 0.25) is 35.4 Å². The zero-order valence-electron chi connectivity index (χ0n) is 78.7. The van der Waals surface area contributed by atoms with Crippen molar-refractivity contribution in [1.82, 2.24) is 110 Å². The molecule has 4 rings (SSSR count). The molecule has 0 aromatic rings. The van der Waals surface area contributed by atoms with Gasteiger partial charge in [-0.2, -0.15) is 0 Å². The molecule has 776 valence electrons. The van der Waals surface area contributed by atoms with Gasteiger partial charge in [0, 0.05) is 254 Å².